The van der Waals surface area contributed by atoms with Gasteiger partial charge >= 0.3 is 0 Å². The summed E-state index contributed by atoms with van der Waals surface area (Å²) in [6, 6.07) is 1.98. The summed E-state index contributed by atoms with van der Waals surface area (Å²) in [5, 5.41) is 5.08. The molecule has 3 rings (SSSR count). The summed E-state index contributed by atoms with van der Waals surface area (Å²) in [5.74, 6) is 0.320. The van der Waals surface area contributed by atoms with Crippen molar-refractivity contribution in [2.75, 3.05) is 6.54 Å². The van der Waals surface area contributed by atoms with Gasteiger partial charge in [0.05, 0.1) is 6.04 Å². The number of rotatable bonds is 4. The van der Waals surface area contributed by atoms with E-state index in [1.54, 1.807) is 11.3 Å². The lowest BCUT2D eigenvalue weighted by molar-refractivity contribution is -0.140. The minimum absolute atomic E-state index is 0.100. The highest BCUT2D eigenvalue weighted by atomic mass is 32.1. The van der Waals surface area contributed by atoms with Crippen LogP contribution in [0, 0.1) is 5.92 Å². The van der Waals surface area contributed by atoms with Crippen molar-refractivity contribution in [1.29, 1.82) is 0 Å². The van der Waals surface area contributed by atoms with Crippen molar-refractivity contribution in [3.05, 3.63) is 21.9 Å². The summed E-state index contributed by atoms with van der Waals surface area (Å²) in [6.07, 6.45) is 6.29. The van der Waals surface area contributed by atoms with Crippen LogP contribution in [0.4, 0.5) is 0 Å². The van der Waals surface area contributed by atoms with Crippen LogP contribution in [0.2, 0.25) is 0 Å². The number of thiophene rings is 1. The number of nitrogens with zero attached hydrogens (tertiary/aromatic N) is 1. The van der Waals surface area contributed by atoms with E-state index in [1.807, 2.05) is 4.90 Å². The molecule has 23 heavy (non-hydrogen) atoms. The topological polar surface area (TPSA) is 49.4 Å². The Hall–Kier alpha value is -1.36. The van der Waals surface area contributed by atoms with Crippen LogP contribution in [-0.4, -0.2) is 29.3 Å². The van der Waals surface area contributed by atoms with Gasteiger partial charge in [0.1, 0.15) is 6.04 Å². The van der Waals surface area contributed by atoms with Crippen molar-refractivity contribution >= 4 is 23.2 Å². The lowest BCUT2D eigenvalue weighted by atomic mass is 9.92. The molecule has 126 valence electrons. The third-order valence-corrected chi connectivity index (χ3v) is 6.26. The first kappa shape index (κ1) is 16.5. The maximum Gasteiger partial charge on any atom is 0.245 e. The molecule has 2 amide bonds. The van der Waals surface area contributed by atoms with E-state index in [-0.39, 0.29) is 23.9 Å². The van der Waals surface area contributed by atoms with Gasteiger partial charge in [-0.05, 0) is 48.6 Å². The van der Waals surface area contributed by atoms with Crippen molar-refractivity contribution in [1.82, 2.24) is 10.2 Å². The highest BCUT2D eigenvalue weighted by Gasteiger charge is 2.38. The van der Waals surface area contributed by atoms with E-state index < -0.39 is 0 Å². The fourth-order valence-electron chi connectivity index (χ4n) is 4.17. The number of fused-ring (bicyclic) bond motifs is 1. The molecule has 2 unspecified atom stereocenters. The first-order valence-electron chi connectivity index (χ1n) is 8.75. The van der Waals surface area contributed by atoms with Crippen LogP contribution in [0.15, 0.2) is 11.4 Å². The number of hydrogen-bond donors (Lipinski definition) is 1. The van der Waals surface area contributed by atoms with Gasteiger partial charge in [-0.15, -0.1) is 11.3 Å². The van der Waals surface area contributed by atoms with Gasteiger partial charge in [0.15, 0.2) is 0 Å². The molecule has 1 aliphatic heterocycles. The average Bonchev–Trinajstić information content (AvgIpc) is 3.21. The lowest BCUT2D eigenvalue weighted by Gasteiger charge is -2.39. The van der Waals surface area contributed by atoms with Crippen LogP contribution in [0.25, 0.3) is 0 Å². The molecule has 2 heterocycles. The van der Waals surface area contributed by atoms with Crippen LogP contribution in [0.3, 0.4) is 0 Å². The molecule has 1 fully saturated rings. The Morgan fingerprint density at radius 2 is 2.13 bits per heavy atom. The molecule has 1 aliphatic carbocycles. The maximum absolute atomic E-state index is 13.2. The summed E-state index contributed by atoms with van der Waals surface area (Å²) in [4.78, 5) is 28.3. The molecule has 5 heteroatoms. The van der Waals surface area contributed by atoms with Crippen LogP contribution in [0.5, 0.6) is 0 Å². The Bertz CT molecular complexity index is 577. The molecule has 1 N–H and O–H groups in total. The van der Waals surface area contributed by atoms with Gasteiger partial charge in [0.25, 0.3) is 0 Å². The maximum atomic E-state index is 13.2. The normalized spacial score (nSPS) is 22.7. The molecular weight excluding hydrogens is 308 g/mol. The van der Waals surface area contributed by atoms with Crippen LogP contribution >= 0.6 is 11.3 Å². The second-order valence-electron chi connectivity index (χ2n) is 6.73. The fraction of sp³-hybridized carbons (Fsp3) is 0.667. The largest absolute Gasteiger partial charge is 0.344 e. The van der Waals surface area contributed by atoms with Crippen molar-refractivity contribution < 1.29 is 9.59 Å². The summed E-state index contributed by atoms with van der Waals surface area (Å²) in [6.45, 7) is 4.42. The number of hydrogen-bond acceptors (Lipinski definition) is 3. The first-order valence-corrected chi connectivity index (χ1v) is 9.63. The molecule has 4 nitrogen and oxygen atoms in total. The van der Waals surface area contributed by atoms with Gasteiger partial charge in [-0.25, -0.2) is 0 Å². The Kier molecular flexibility index (Phi) is 5.05. The summed E-state index contributed by atoms with van der Waals surface area (Å²) >= 11 is 1.79. The van der Waals surface area contributed by atoms with E-state index in [4.69, 9.17) is 0 Å². The average molecular weight is 334 g/mol. The molecule has 1 aromatic rings. The van der Waals surface area contributed by atoms with Gasteiger partial charge in [0.2, 0.25) is 11.8 Å². The molecule has 0 aromatic carbocycles. The molecule has 0 saturated heterocycles. The van der Waals surface area contributed by atoms with Gasteiger partial charge in [-0.3, -0.25) is 9.59 Å². The van der Waals surface area contributed by atoms with Crippen molar-refractivity contribution in [2.24, 2.45) is 5.92 Å². The number of amides is 2. The van der Waals surface area contributed by atoms with Crippen LogP contribution in [-0.2, 0) is 16.0 Å². The second-order valence-corrected chi connectivity index (χ2v) is 7.73. The van der Waals surface area contributed by atoms with Crippen molar-refractivity contribution in [2.45, 2.75) is 64.5 Å². The zero-order chi connectivity index (χ0) is 16.4. The molecule has 1 aromatic heterocycles. The van der Waals surface area contributed by atoms with Crippen LogP contribution in [0.1, 0.15) is 62.4 Å². The first-order chi connectivity index (χ1) is 11.1. The smallest absolute Gasteiger partial charge is 0.245 e. The van der Waals surface area contributed by atoms with Crippen LogP contribution < -0.4 is 5.32 Å². The van der Waals surface area contributed by atoms with Gasteiger partial charge in [-0.1, -0.05) is 19.8 Å². The van der Waals surface area contributed by atoms with Gasteiger partial charge in [-0.2, -0.15) is 0 Å². The zero-order valence-electron chi connectivity index (χ0n) is 14.0. The third-order valence-electron chi connectivity index (χ3n) is 5.26. The highest BCUT2D eigenvalue weighted by Crippen LogP contribution is 2.37. The van der Waals surface area contributed by atoms with Crippen molar-refractivity contribution in [3.8, 4) is 0 Å². The monoisotopic (exact) mass is 334 g/mol. The molecule has 0 spiro atoms. The number of nitrogens with one attached hydrogen (secondary N) is 1. The summed E-state index contributed by atoms with van der Waals surface area (Å²) in [5.41, 5.74) is 1.31. The Labute approximate surface area is 142 Å². The molecule has 0 bridgehead atoms. The predicted molar refractivity (Wildman–Crippen MR) is 92.3 cm³/mol. The molecule has 2 aliphatic rings. The third kappa shape index (κ3) is 3.30. The Balaban J connectivity index is 1.82. The Morgan fingerprint density at radius 1 is 1.39 bits per heavy atom. The highest BCUT2D eigenvalue weighted by molar-refractivity contribution is 7.10. The quantitative estimate of drug-likeness (QED) is 0.918. The van der Waals surface area contributed by atoms with E-state index in [0.717, 1.165) is 32.2 Å². The fourth-order valence-corrected chi connectivity index (χ4v) is 5.10. The molecule has 1 saturated carbocycles. The number of carbonyl (C=O) groups excluding carboxylic acids is 2. The minimum Gasteiger partial charge on any atom is -0.344 e. The second kappa shape index (κ2) is 7.04. The molecule has 2 atom stereocenters. The molecule has 0 radical (unpaired) electrons. The van der Waals surface area contributed by atoms with Gasteiger partial charge < -0.3 is 10.2 Å². The van der Waals surface area contributed by atoms with Crippen molar-refractivity contribution in [3.63, 3.8) is 0 Å². The van der Waals surface area contributed by atoms with E-state index >= 15 is 0 Å². The van der Waals surface area contributed by atoms with Gasteiger partial charge in [0, 0.05) is 18.3 Å². The summed E-state index contributed by atoms with van der Waals surface area (Å²) < 4.78 is 0. The zero-order valence-corrected chi connectivity index (χ0v) is 14.8. The number of carbonyl (C=O) groups is 2. The predicted octanol–water partition coefficient (Wildman–Crippen LogP) is 3.28. The lowest BCUT2D eigenvalue weighted by Crippen LogP contribution is -2.53. The SMILES string of the molecule is CCC1c2ccsc2CCN1C(=O)C(NC(C)=O)C1CCCC1. The van der Waals surface area contributed by atoms with E-state index in [9.17, 15) is 9.59 Å². The summed E-state index contributed by atoms with van der Waals surface area (Å²) in [7, 11) is 0. The molecular formula is C18H26N2O2S. The minimum atomic E-state index is -0.343. The van der Waals surface area contributed by atoms with E-state index in [1.165, 1.54) is 30.2 Å². The van der Waals surface area contributed by atoms with E-state index in [0.29, 0.717) is 5.92 Å². The van der Waals surface area contributed by atoms with E-state index in [2.05, 4.69) is 23.7 Å². The standard InChI is InChI=1S/C18H26N2O2S/c1-3-15-14-9-11-23-16(14)8-10-20(15)18(22)17(19-12(2)21)13-6-4-5-7-13/h9,11,13,15,17H,3-8,10H2,1-2H3,(H,19,21). The Morgan fingerprint density at radius 3 is 2.78 bits per heavy atom.